The van der Waals surface area contributed by atoms with Crippen molar-refractivity contribution in [3.63, 3.8) is 0 Å². The molecule has 5 heteroatoms. The van der Waals surface area contributed by atoms with E-state index < -0.39 is 0 Å². The molecule has 138 valence electrons. The monoisotopic (exact) mass is 360 g/mol. The molecule has 3 heterocycles. The van der Waals surface area contributed by atoms with Crippen LogP contribution in [0.1, 0.15) is 30.1 Å². The minimum absolute atomic E-state index is 0.118. The van der Waals surface area contributed by atoms with Crippen molar-refractivity contribution in [1.29, 1.82) is 0 Å². The fourth-order valence-electron chi connectivity index (χ4n) is 4.62. The lowest BCUT2D eigenvalue weighted by Crippen LogP contribution is -2.49. The first-order valence-corrected chi connectivity index (χ1v) is 9.74. The topological polar surface area (TPSA) is 60.2 Å². The van der Waals surface area contributed by atoms with Crippen molar-refractivity contribution < 1.29 is 4.79 Å². The standard InChI is InChI=1S/C22H24N4O/c27-22(23-15-6-2-1-3-7-15)24-16-10-12-26-13-11-18-17-8-4-5-9-19(17)25-21(18)20(26)14-16/h1-9,16,20,25H,10-14H2,(H2,23,24,27)/t16-,20-/m0/s1. The van der Waals surface area contributed by atoms with Crippen LogP contribution < -0.4 is 10.6 Å². The zero-order chi connectivity index (χ0) is 18.2. The van der Waals surface area contributed by atoms with Gasteiger partial charge in [0.15, 0.2) is 0 Å². The van der Waals surface area contributed by atoms with Gasteiger partial charge in [-0.15, -0.1) is 0 Å². The van der Waals surface area contributed by atoms with Gasteiger partial charge in [-0.2, -0.15) is 0 Å². The second-order valence-electron chi connectivity index (χ2n) is 7.55. The Hall–Kier alpha value is -2.79. The molecule has 2 aliphatic rings. The van der Waals surface area contributed by atoms with E-state index in [1.807, 2.05) is 30.3 Å². The van der Waals surface area contributed by atoms with E-state index in [1.165, 1.54) is 22.2 Å². The summed E-state index contributed by atoms with van der Waals surface area (Å²) in [4.78, 5) is 18.6. The van der Waals surface area contributed by atoms with Crippen molar-refractivity contribution in [1.82, 2.24) is 15.2 Å². The van der Waals surface area contributed by atoms with Gasteiger partial charge in [-0.05, 0) is 43.0 Å². The molecule has 0 bridgehead atoms. The number of hydrogen-bond acceptors (Lipinski definition) is 2. The Labute approximate surface area is 158 Å². The van der Waals surface area contributed by atoms with Crippen LogP contribution in [0.3, 0.4) is 0 Å². The summed E-state index contributed by atoms with van der Waals surface area (Å²) in [6.07, 6.45) is 3.04. The summed E-state index contributed by atoms with van der Waals surface area (Å²) in [6, 6.07) is 18.6. The molecule has 2 atom stereocenters. The maximum atomic E-state index is 12.4. The third-order valence-corrected chi connectivity index (χ3v) is 5.91. The minimum atomic E-state index is -0.118. The number of nitrogens with zero attached hydrogens (tertiary/aromatic N) is 1. The number of nitrogens with one attached hydrogen (secondary N) is 3. The molecule has 0 unspecified atom stereocenters. The number of carbonyl (C=O) groups excluding carboxylic acids is 1. The minimum Gasteiger partial charge on any atom is -0.357 e. The fraction of sp³-hybridized carbons (Fsp3) is 0.318. The summed E-state index contributed by atoms with van der Waals surface area (Å²) < 4.78 is 0. The molecule has 0 aliphatic carbocycles. The molecule has 1 aromatic heterocycles. The van der Waals surface area contributed by atoms with Crippen LogP contribution in [0.5, 0.6) is 0 Å². The molecule has 2 aromatic carbocycles. The predicted octanol–water partition coefficient (Wildman–Crippen LogP) is 4.05. The summed E-state index contributed by atoms with van der Waals surface area (Å²) >= 11 is 0. The number of aromatic nitrogens is 1. The Morgan fingerprint density at radius 1 is 1.04 bits per heavy atom. The maximum absolute atomic E-state index is 12.4. The molecule has 2 aliphatic heterocycles. The van der Waals surface area contributed by atoms with Gasteiger partial charge in [0.05, 0.1) is 6.04 Å². The third-order valence-electron chi connectivity index (χ3n) is 5.91. The van der Waals surface area contributed by atoms with E-state index in [-0.39, 0.29) is 12.1 Å². The first-order valence-electron chi connectivity index (χ1n) is 9.74. The van der Waals surface area contributed by atoms with Gasteiger partial charge in [0, 0.05) is 41.4 Å². The second kappa shape index (κ2) is 6.74. The highest BCUT2D eigenvalue weighted by molar-refractivity contribution is 5.89. The van der Waals surface area contributed by atoms with Crippen molar-refractivity contribution in [2.24, 2.45) is 0 Å². The smallest absolute Gasteiger partial charge is 0.319 e. The first kappa shape index (κ1) is 16.4. The van der Waals surface area contributed by atoms with Crippen LogP contribution in [0.2, 0.25) is 0 Å². The third kappa shape index (κ3) is 3.08. The van der Waals surface area contributed by atoms with Gasteiger partial charge in [0.2, 0.25) is 0 Å². The van der Waals surface area contributed by atoms with E-state index in [0.29, 0.717) is 6.04 Å². The number of hydrogen-bond donors (Lipinski definition) is 3. The zero-order valence-electron chi connectivity index (χ0n) is 15.2. The molecule has 5 nitrogen and oxygen atoms in total. The van der Waals surface area contributed by atoms with Gasteiger partial charge in [-0.25, -0.2) is 4.79 Å². The number of aromatic amines is 1. The number of carbonyl (C=O) groups is 1. The summed E-state index contributed by atoms with van der Waals surface area (Å²) in [6.45, 7) is 2.12. The number of anilines is 1. The van der Waals surface area contributed by atoms with Gasteiger partial charge >= 0.3 is 6.03 Å². The van der Waals surface area contributed by atoms with Gasteiger partial charge in [-0.1, -0.05) is 36.4 Å². The number of fused-ring (bicyclic) bond motifs is 5. The molecule has 3 N–H and O–H groups in total. The van der Waals surface area contributed by atoms with E-state index in [1.54, 1.807) is 0 Å². The van der Waals surface area contributed by atoms with E-state index >= 15 is 0 Å². The number of urea groups is 1. The maximum Gasteiger partial charge on any atom is 0.319 e. The first-order chi connectivity index (χ1) is 13.3. The Bertz CT molecular complexity index is 965. The normalized spacial score (nSPS) is 22.1. The Balaban J connectivity index is 1.32. The number of piperidine rings is 1. The van der Waals surface area contributed by atoms with Gasteiger partial charge in [0.1, 0.15) is 0 Å². The molecular formula is C22H24N4O. The Morgan fingerprint density at radius 2 is 1.85 bits per heavy atom. The van der Waals surface area contributed by atoms with E-state index in [2.05, 4.69) is 44.8 Å². The van der Waals surface area contributed by atoms with Gasteiger partial charge in [0.25, 0.3) is 0 Å². The average molecular weight is 360 g/mol. The highest BCUT2D eigenvalue weighted by Gasteiger charge is 2.35. The molecular weight excluding hydrogens is 336 g/mol. The van der Waals surface area contributed by atoms with E-state index in [0.717, 1.165) is 38.0 Å². The van der Waals surface area contributed by atoms with Crippen LogP contribution in [0.25, 0.3) is 10.9 Å². The Kier molecular flexibility index (Phi) is 4.09. The fourth-order valence-corrected chi connectivity index (χ4v) is 4.62. The SMILES string of the molecule is O=C(Nc1ccccc1)N[C@H]1CCN2CCc3c([nH]c4ccccc34)[C@@H]2C1. The number of H-pyrrole nitrogens is 1. The van der Waals surface area contributed by atoms with Crippen molar-refractivity contribution in [3.8, 4) is 0 Å². The quantitative estimate of drug-likeness (QED) is 0.646. The van der Waals surface area contributed by atoms with Crippen LogP contribution in [-0.2, 0) is 6.42 Å². The van der Waals surface area contributed by atoms with E-state index in [4.69, 9.17) is 0 Å². The predicted molar refractivity (Wildman–Crippen MR) is 108 cm³/mol. The van der Waals surface area contributed by atoms with Crippen molar-refractivity contribution in [2.45, 2.75) is 31.3 Å². The molecule has 0 saturated carbocycles. The number of amides is 2. The molecule has 2 amide bonds. The zero-order valence-corrected chi connectivity index (χ0v) is 15.2. The van der Waals surface area contributed by atoms with Crippen LogP contribution in [0.4, 0.5) is 10.5 Å². The van der Waals surface area contributed by atoms with Crippen LogP contribution >= 0.6 is 0 Å². The molecule has 1 fully saturated rings. The molecule has 0 spiro atoms. The van der Waals surface area contributed by atoms with Crippen LogP contribution in [0.15, 0.2) is 54.6 Å². The summed E-state index contributed by atoms with van der Waals surface area (Å²) in [5, 5.41) is 7.46. The van der Waals surface area contributed by atoms with Gasteiger partial charge < -0.3 is 15.6 Å². The lowest BCUT2D eigenvalue weighted by molar-refractivity contribution is 0.116. The number of para-hydroxylation sites is 2. The molecule has 27 heavy (non-hydrogen) atoms. The molecule has 3 aromatic rings. The average Bonchev–Trinajstić information content (AvgIpc) is 3.08. The van der Waals surface area contributed by atoms with Gasteiger partial charge in [-0.3, -0.25) is 4.90 Å². The van der Waals surface area contributed by atoms with Crippen molar-refractivity contribution in [2.75, 3.05) is 18.4 Å². The summed E-state index contributed by atoms with van der Waals surface area (Å²) in [5.74, 6) is 0. The molecule has 5 rings (SSSR count). The van der Waals surface area contributed by atoms with Crippen LogP contribution in [-0.4, -0.2) is 35.0 Å². The molecule has 1 saturated heterocycles. The highest BCUT2D eigenvalue weighted by atomic mass is 16.2. The van der Waals surface area contributed by atoms with E-state index in [9.17, 15) is 4.79 Å². The van der Waals surface area contributed by atoms with Crippen molar-refractivity contribution in [3.05, 3.63) is 65.9 Å². The van der Waals surface area contributed by atoms with Crippen molar-refractivity contribution >= 4 is 22.6 Å². The second-order valence-corrected chi connectivity index (χ2v) is 7.55. The summed E-state index contributed by atoms with van der Waals surface area (Å²) in [5.41, 5.74) is 4.85. The number of rotatable bonds is 2. The summed E-state index contributed by atoms with van der Waals surface area (Å²) in [7, 11) is 0. The molecule has 0 radical (unpaired) electrons. The largest absolute Gasteiger partial charge is 0.357 e. The Morgan fingerprint density at radius 3 is 2.74 bits per heavy atom. The lowest BCUT2D eigenvalue weighted by atomic mass is 9.88. The highest BCUT2D eigenvalue weighted by Crippen LogP contribution is 2.39. The van der Waals surface area contributed by atoms with Crippen LogP contribution in [0, 0.1) is 0 Å². The lowest BCUT2D eigenvalue weighted by Gasteiger charge is -2.42. The number of benzene rings is 2.